The number of aromatic nitrogens is 2. The van der Waals surface area contributed by atoms with Crippen LogP contribution in [0.2, 0.25) is 0 Å². The van der Waals surface area contributed by atoms with Gasteiger partial charge in [0.15, 0.2) is 0 Å². The summed E-state index contributed by atoms with van der Waals surface area (Å²) in [4.78, 5) is 0. The van der Waals surface area contributed by atoms with Crippen molar-refractivity contribution in [1.82, 2.24) is 9.78 Å². The third kappa shape index (κ3) is 2.93. The molecule has 0 aliphatic rings. The number of hydrogen-bond donors (Lipinski definition) is 1. The van der Waals surface area contributed by atoms with E-state index in [0.29, 0.717) is 12.1 Å². The minimum absolute atomic E-state index is 0.386. The number of hydrogen-bond acceptors (Lipinski definition) is 3. The maximum absolute atomic E-state index is 9.99. The van der Waals surface area contributed by atoms with Crippen LogP contribution in [0.25, 0.3) is 0 Å². The molecule has 2 rings (SSSR count). The minimum Gasteiger partial charge on any atom is -0.386 e. The molecule has 0 aliphatic carbocycles. The van der Waals surface area contributed by atoms with Crippen molar-refractivity contribution < 1.29 is 5.11 Å². The number of aliphatic hydroxyl groups excluding tert-OH is 1. The molecule has 1 aromatic carbocycles. The van der Waals surface area contributed by atoms with E-state index >= 15 is 0 Å². The lowest BCUT2D eigenvalue weighted by atomic mass is 10.1. The van der Waals surface area contributed by atoms with Crippen LogP contribution >= 0.6 is 15.9 Å². The van der Waals surface area contributed by atoms with E-state index < -0.39 is 6.10 Å². The van der Waals surface area contributed by atoms with E-state index in [0.717, 1.165) is 10.0 Å². The Morgan fingerprint density at radius 1 is 1.41 bits per heavy atom. The predicted molar refractivity (Wildman–Crippen MR) is 66.0 cm³/mol. The normalized spacial score (nSPS) is 12.1. The second-order valence-corrected chi connectivity index (χ2v) is 4.55. The molecule has 1 unspecified atom stereocenters. The van der Waals surface area contributed by atoms with Crippen molar-refractivity contribution in [3.05, 3.63) is 52.3 Å². The van der Waals surface area contributed by atoms with Crippen molar-refractivity contribution >= 4 is 15.9 Å². The third-order valence-corrected chi connectivity index (χ3v) is 2.80. The molecule has 1 aromatic heterocycles. The summed E-state index contributed by atoms with van der Waals surface area (Å²) in [6.45, 7) is 0.386. The van der Waals surface area contributed by atoms with Crippen molar-refractivity contribution in [3.8, 4) is 6.07 Å². The average molecular weight is 292 g/mol. The van der Waals surface area contributed by atoms with E-state index in [9.17, 15) is 5.11 Å². The van der Waals surface area contributed by atoms with Gasteiger partial charge >= 0.3 is 0 Å². The summed E-state index contributed by atoms with van der Waals surface area (Å²) in [6.07, 6.45) is 2.84. The molecule has 5 heteroatoms. The van der Waals surface area contributed by atoms with Crippen molar-refractivity contribution in [3.63, 3.8) is 0 Å². The number of halogens is 1. The van der Waals surface area contributed by atoms with Crippen molar-refractivity contribution in [2.24, 2.45) is 0 Å². The van der Waals surface area contributed by atoms with E-state index in [-0.39, 0.29) is 0 Å². The lowest BCUT2D eigenvalue weighted by Crippen LogP contribution is -2.08. The molecule has 0 spiro atoms. The number of nitrogens with zero attached hydrogens (tertiary/aromatic N) is 3. The van der Waals surface area contributed by atoms with Gasteiger partial charge in [-0.1, -0.05) is 12.1 Å². The Labute approximate surface area is 107 Å². The molecule has 0 radical (unpaired) electrons. The van der Waals surface area contributed by atoms with Gasteiger partial charge in [-0.05, 0) is 33.6 Å². The van der Waals surface area contributed by atoms with Crippen molar-refractivity contribution in [2.75, 3.05) is 0 Å². The first kappa shape index (κ1) is 11.8. The van der Waals surface area contributed by atoms with Gasteiger partial charge in [0.2, 0.25) is 0 Å². The summed E-state index contributed by atoms with van der Waals surface area (Å²) in [7, 11) is 0. The predicted octanol–water partition coefficient (Wildman–Crippen LogP) is 2.25. The van der Waals surface area contributed by atoms with Crippen LogP contribution in [0.3, 0.4) is 0 Å². The van der Waals surface area contributed by atoms with Gasteiger partial charge in [-0.15, -0.1) is 0 Å². The van der Waals surface area contributed by atoms with Crippen molar-refractivity contribution in [2.45, 2.75) is 12.6 Å². The Morgan fingerprint density at radius 2 is 2.12 bits per heavy atom. The lowest BCUT2D eigenvalue weighted by molar-refractivity contribution is 0.151. The molecular formula is C12H10BrN3O. The highest BCUT2D eigenvalue weighted by atomic mass is 79.9. The number of aliphatic hydroxyl groups is 1. The zero-order chi connectivity index (χ0) is 12.3. The van der Waals surface area contributed by atoms with Crippen LogP contribution in [0.1, 0.15) is 17.2 Å². The monoisotopic (exact) mass is 291 g/mol. The van der Waals surface area contributed by atoms with E-state index in [2.05, 4.69) is 21.0 Å². The Bertz CT molecular complexity index is 542. The van der Waals surface area contributed by atoms with E-state index in [1.165, 1.54) is 0 Å². The molecule has 1 heterocycles. The maximum Gasteiger partial charge on any atom is 0.0991 e. The highest BCUT2D eigenvalue weighted by molar-refractivity contribution is 9.10. The smallest absolute Gasteiger partial charge is 0.0991 e. The van der Waals surface area contributed by atoms with Gasteiger partial charge in [-0.25, -0.2) is 0 Å². The van der Waals surface area contributed by atoms with Crippen LogP contribution in [-0.2, 0) is 6.54 Å². The van der Waals surface area contributed by atoms with Crippen molar-refractivity contribution in [1.29, 1.82) is 5.26 Å². The van der Waals surface area contributed by atoms with E-state index in [1.807, 2.05) is 6.07 Å². The van der Waals surface area contributed by atoms with Gasteiger partial charge in [0.25, 0.3) is 0 Å². The number of benzene rings is 1. The van der Waals surface area contributed by atoms with Gasteiger partial charge in [0.1, 0.15) is 0 Å². The largest absolute Gasteiger partial charge is 0.386 e. The molecule has 4 nitrogen and oxygen atoms in total. The summed E-state index contributed by atoms with van der Waals surface area (Å²) in [5.74, 6) is 0. The fourth-order valence-corrected chi connectivity index (χ4v) is 1.83. The summed E-state index contributed by atoms with van der Waals surface area (Å²) in [5, 5.41) is 22.7. The molecule has 1 atom stereocenters. The van der Waals surface area contributed by atoms with Gasteiger partial charge in [0, 0.05) is 6.20 Å². The molecule has 0 fully saturated rings. The topological polar surface area (TPSA) is 61.8 Å². The molecule has 0 aliphatic heterocycles. The summed E-state index contributed by atoms with van der Waals surface area (Å²) >= 11 is 3.30. The summed E-state index contributed by atoms with van der Waals surface area (Å²) < 4.78 is 2.54. The van der Waals surface area contributed by atoms with Gasteiger partial charge in [-0.2, -0.15) is 10.4 Å². The third-order valence-electron chi connectivity index (χ3n) is 2.39. The molecule has 0 saturated heterocycles. The first-order chi connectivity index (χ1) is 8.19. The van der Waals surface area contributed by atoms with Crippen LogP contribution in [0.15, 0.2) is 41.1 Å². The van der Waals surface area contributed by atoms with Crippen LogP contribution < -0.4 is 0 Å². The maximum atomic E-state index is 9.99. The standard InChI is InChI=1S/C12H10BrN3O/c13-11-6-15-16(7-11)8-12(17)10-3-1-9(5-14)2-4-10/h1-4,6-7,12,17H,8H2. The zero-order valence-corrected chi connectivity index (χ0v) is 10.5. The van der Waals surface area contributed by atoms with E-state index in [1.54, 1.807) is 41.3 Å². The first-order valence-corrected chi connectivity index (χ1v) is 5.84. The molecule has 0 bridgehead atoms. The zero-order valence-electron chi connectivity index (χ0n) is 8.92. The first-order valence-electron chi connectivity index (χ1n) is 5.05. The van der Waals surface area contributed by atoms with Gasteiger partial charge < -0.3 is 5.11 Å². The number of nitriles is 1. The molecule has 1 N–H and O–H groups in total. The van der Waals surface area contributed by atoms with Gasteiger partial charge in [-0.3, -0.25) is 4.68 Å². The average Bonchev–Trinajstić information content (AvgIpc) is 2.75. The summed E-state index contributed by atoms with van der Waals surface area (Å²) in [6, 6.07) is 8.93. The molecule has 0 saturated carbocycles. The molecule has 2 aromatic rings. The van der Waals surface area contributed by atoms with E-state index in [4.69, 9.17) is 5.26 Å². The molecule has 17 heavy (non-hydrogen) atoms. The Hall–Kier alpha value is -1.64. The highest BCUT2D eigenvalue weighted by Crippen LogP contribution is 2.16. The fourth-order valence-electron chi connectivity index (χ4n) is 1.50. The van der Waals surface area contributed by atoms with Crippen LogP contribution in [0.5, 0.6) is 0 Å². The van der Waals surface area contributed by atoms with Crippen LogP contribution in [-0.4, -0.2) is 14.9 Å². The SMILES string of the molecule is N#Cc1ccc(C(O)Cn2cc(Br)cn2)cc1. The van der Waals surface area contributed by atoms with Gasteiger partial charge in [0.05, 0.1) is 35.0 Å². The Kier molecular flexibility index (Phi) is 3.57. The number of rotatable bonds is 3. The van der Waals surface area contributed by atoms with Crippen LogP contribution in [0.4, 0.5) is 0 Å². The molecule has 86 valence electrons. The van der Waals surface area contributed by atoms with Crippen LogP contribution in [0, 0.1) is 11.3 Å². The highest BCUT2D eigenvalue weighted by Gasteiger charge is 2.09. The fraction of sp³-hybridized carbons (Fsp3) is 0.167. The Morgan fingerprint density at radius 3 is 2.65 bits per heavy atom. The lowest BCUT2D eigenvalue weighted by Gasteiger charge is -2.10. The minimum atomic E-state index is -0.630. The summed E-state index contributed by atoms with van der Waals surface area (Å²) in [5.41, 5.74) is 1.36. The Balaban J connectivity index is 2.09. The second-order valence-electron chi connectivity index (χ2n) is 3.63. The second kappa shape index (κ2) is 5.13. The quantitative estimate of drug-likeness (QED) is 0.943. The molecule has 0 amide bonds. The molecular weight excluding hydrogens is 282 g/mol.